The third kappa shape index (κ3) is 7.41. The molecule has 0 radical (unpaired) electrons. The summed E-state index contributed by atoms with van der Waals surface area (Å²) in [6, 6.07) is 18.0. The van der Waals surface area contributed by atoms with E-state index < -0.39 is 28.5 Å². The predicted molar refractivity (Wildman–Crippen MR) is 152 cm³/mol. The lowest BCUT2D eigenvalue weighted by molar-refractivity contribution is -0.139. The zero-order valence-electron chi connectivity index (χ0n) is 20.9. The van der Waals surface area contributed by atoms with Gasteiger partial charge >= 0.3 is 0 Å². The zero-order chi connectivity index (χ0) is 27.9. The Bertz CT molecular complexity index is 1390. The molecule has 11 heteroatoms. The van der Waals surface area contributed by atoms with Crippen LogP contribution >= 0.6 is 34.8 Å². The van der Waals surface area contributed by atoms with Gasteiger partial charge in [-0.05, 0) is 61.4 Å². The van der Waals surface area contributed by atoms with E-state index >= 15 is 0 Å². The third-order valence-electron chi connectivity index (χ3n) is 5.76. The van der Waals surface area contributed by atoms with Crippen LogP contribution < -0.4 is 9.62 Å². The first-order valence-corrected chi connectivity index (χ1v) is 14.5. The largest absolute Gasteiger partial charge is 0.354 e. The van der Waals surface area contributed by atoms with Gasteiger partial charge in [0.25, 0.3) is 10.0 Å². The second-order valence-electron chi connectivity index (χ2n) is 8.54. The summed E-state index contributed by atoms with van der Waals surface area (Å²) < 4.78 is 28.4. The van der Waals surface area contributed by atoms with Crippen LogP contribution in [0, 0.1) is 0 Å². The molecule has 3 aromatic rings. The number of amides is 2. The van der Waals surface area contributed by atoms with Gasteiger partial charge in [0.05, 0.1) is 20.6 Å². The van der Waals surface area contributed by atoms with Gasteiger partial charge in [0.1, 0.15) is 12.6 Å². The highest BCUT2D eigenvalue weighted by molar-refractivity contribution is 7.92. The Morgan fingerprint density at radius 3 is 2.26 bits per heavy atom. The minimum absolute atomic E-state index is 0.00516. The first kappa shape index (κ1) is 29.8. The van der Waals surface area contributed by atoms with Crippen LogP contribution in [0.1, 0.15) is 25.8 Å². The lowest BCUT2D eigenvalue weighted by atomic mass is 10.1. The van der Waals surface area contributed by atoms with Gasteiger partial charge in [-0.3, -0.25) is 13.9 Å². The van der Waals surface area contributed by atoms with Crippen molar-refractivity contribution in [3.8, 4) is 0 Å². The number of rotatable bonds is 11. The summed E-state index contributed by atoms with van der Waals surface area (Å²) in [6.45, 7) is 3.39. The third-order valence-corrected chi connectivity index (χ3v) is 8.52. The molecule has 7 nitrogen and oxygen atoms in total. The number of halogens is 3. The van der Waals surface area contributed by atoms with Crippen LogP contribution in [0.2, 0.25) is 15.1 Å². The molecule has 202 valence electrons. The molecule has 0 saturated heterocycles. The standard InChI is InChI=1S/C27H28Cl3N3O4S/c1-3-14-31-27(35)19(2)32(17-20-12-13-24(29)25(30)15-20)26(34)18-33(22-9-7-8-21(28)16-22)38(36,37)23-10-5-4-6-11-23/h4-13,15-16,19H,3,14,17-18H2,1-2H3,(H,31,35)/t19-/m1/s1. The van der Waals surface area contributed by atoms with Crippen molar-refractivity contribution in [2.75, 3.05) is 17.4 Å². The van der Waals surface area contributed by atoms with E-state index in [1.807, 2.05) is 6.92 Å². The summed E-state index contributed by atoms with van der Waals surface area (Å²) in [6.07, 6.45) is 0.719. The number of hydrogen-bond acceptors (Lipinski definition) is 4. The maximum absolute atomic E-state index is 13.8. The second-order valence-corrected chi connectivity index (χ2v) is 11.7. The van der Waals surface area contributed by atoms with E-state index in [1.54, 1.807) is 61.5 Å². The molecule has 3 aromatic carbocycles. The van der Waals surface area contributed by atoms with Gasteiger partial charge in [0.2, 0.25) is 11.8 Å². The molecule has 0 aliphatic carbocycles. The first-order valence-electron chi connectivity index (χ1n) is 11.9. The number of sulfonamides is 1. The van der Waals surface area contributed by atoms with Crippen LogP contribution in [-0.4, -0.2) is 44.3 Å². The Hall–Kier alpha value is -2.78. The fourth-order valence-electron chi connectivity index (χ4n) is 3.69. The Labute approximate surface area is 238 Å². The highest BCUT2D eigenvalue weighted by Gasteiger charge is 2.32. The van der Waals surface area contributed by atoms with Crippen molar-refractivity contribution in [2.24, 2.45) is 0 Å². The van der Waals surface area contributed by atoms with Crippen molar-refractivity contribution in [3.63, 3.8) is 0 Å². The molecule has 38 heavy (non-hydrogen) atoms. The number of benzene rings is 3. The average Bonchev–Trinajstić information content (AvgIpc) is 2.90. The molecular formula is C27H28Cl3N3O4S. The van der Waals surface area contributed by atoms with E-state index in [-0.39, 0.29) is 23.0 Å². The Morgan fingerprint density at radius 1 is 0.921 bits per heavy atom. The molecule has 0 saturated carbocycles. The second kappa shape index (κ2) is 13.3. The summed E-state index contributed by atoms with van der Waals surface area (Å²) in [7, 11) is -4.16. The fraction of sp³-hybridized carbons (Fsp3) is 0.259. The van der Waals surface area contributed by atoms with Crippen LogP contribution in [0.3, 0.4) is 0 Å². The topological polar surface area (TPSA) is 86.8 Å². The van der Waals surface area contributed by atoms with Gasteiger partial charge < -0.3 is 10.2 Å². The van der Waals surface area contributed by atoms with Crippen molar-refractivity contribution in [2.45, 2.75) is 37.8 Å². The molecule has 0 aliphatic rings. The minimum atomic E-state index is -4.16. The van der Waals surface area contributed by atoms with Gasteiger partial charge in [-0.2, -0.15) is 0 Å². The van der Waals surface area contributed by atoms with E-state index in [1.165, 1.54) is 23.1 Å². The summed E-state index contributed by atoms with van der Waals surface area (Å²) >= 11 is 18.4. The smallest absolute Gasteiger partial charge is 0.264 e. The van der Waals surface area contributed by atoms with Crippen molar-refractivity contribution in [1.82, 2.24) is 10.2 Å². The highest BCUT2D eigenvalue weighted by Crippen LogP contribution is 2.27. The van der Waals surface area contributed by atoms with Crippen LogP contribution in [0.15, 0.2) is 77.7 Å². The van der Waals surface area contributed by atoms with Gasteiger partial charge in [0, 0.05) is 18.1 Å². The van der Waals surface area contributed by atoms with Gasteiger partial charge in [0.15, 0.2) is 0 Å². The molecule has 2 amide bonds. The zero-order valence-corrected chi connectivity index (χ0v) is 24.0. The molecule has 0 spiro atoms. The molecule has 1 N–H and O–H groups in total. The maximum Gasteiger partial charge on any atom is 0.264 e. The lowest BCUT2D eigenvalue weighted by Gasteiger charge is -2.32. The summed E-state index contributed by atoms with van der Waals surface area (Å²) in [4.78, 5) is 28.0. The van der Waals surface area contributed by atoms with Crippen LogP contribution in [0.25, 0.3) is 0 Å². The molecule has 0 aromatic heterocycles. The van der Waals surface area contributed by atoms with Crippen LogP contribution in [0.5, 0.6) is 0 Å². The van der Waals surface area contributed by atoms with E-state index in [0.717, 1.165) is 10.7 Å². The van der Waals surface area contributed by atoms with Crippen LogP contribution in [-0.2, 0) is 26.2 Å². The monoisotopic (exact) mass is 595 g/mol. The Kier molecular flexibility index (Phi) is 10.4. The molecule has 0 aliphatic heterocycles. The maximum atomic E-state index is 13.8. The number of nitrogens with zero attached hydrogens (tertiary/aromatic N) is 2. The number of carbonyl (C=O) groups is 2. The molecule has 3 rings (SSSR count). The number of carbonyl (C=O) groups excluding carboxylic acids is 2. The molecule has 0 heterocycles. The van der Waals surface area contributed by atoms with E-state index in [2.05, 4.69) is 5.32 Å². The molecule has 0 unspecified atom stereocenters. The van der Waals surface area contributed by atoms with Gasteiger partial charge in [-0.25, -0.2) is 8.42 Å². The molecule has 0 bridgehead atoms. The lowest BCUT2D eigenvalue weighted by Crippen LogP contribution is -2.51. The highest BCUT2D eigenvalue weighted by atomic mass is 35.5. The van der Waals surface area contributed by atoms with Crippen LogP contribution in [0.4, 0.5) is 5.69 Å². The molecule has 0 fully saturated rings. The number of anilines is 1. The normalized spacial score (nSPS) is 12.0. The van der Waals surface area contributed by atoms with Crippen molar-refractivity contribution in [1.29, 1.82) is 0 Å². The summed E-state index contributed by atoms with van der Waals surface area (Å²) in [5.74, 6) is -0.949. The van der Waals surface area contributed by atoms with Gasteiger partial charge in [-0.1, -0.05) is 72.1 Å². The number of hydrogen-bond donors (Lipinski definition) is 1. The van der Waals surface area contributed by atoms with Crippen molar-refractivity contribution < 1.29 is 18.0 Å². The van der Waals surface area contributed by atoms with E-state index in [4.69, 9.17) is 34.8 Å². The molecular weight excluding hydrogens is 569 g/mol. The van der Waals surface area contributed by atoms with E-state index in [0.29, 0.717) is 27.2 Å². The first-order chi connectivity index (χ1) is 18.0. The SMILES string of the molecule is CCCNC(=O)[C@@H](C)N(Cc1ccc(Cl)c(Cl)c1)C(=O)CN(c1cccc(Cl)c1)S(=O)(=O)c1ccccc1. The quantitative estimate of drug-likeness (QED) is 0.304. The molecule has 1 atom stereocenters. The number of nitrogens with one attached hydrogen (secondary N) is 1. The van der Waals surface area contributed by atoms with Crippen molar-refractivity contribution >= 4 is 62.3 Å². The van der Waals surface area contributed by atoms with E-state index in [9.17, 15) is 18.0 Å². The Balaban J connectivity index is 2.02. The van der Waals surface area contributed by atoms with Gasteiger partial charge in [-0.15, -0.1) is 0 Å². The van der Waals surface area contributed by atoms with Crippen molar-refractivity contribution in [3.05, 3.63) is 93.4 Å². The summed E-state index contributed by atoms with van der Waals surface area (Å²) in [5, 5.41) is 3.75. The summed E-state index contributed by atoms with van der Waals surface area (Å²) in [5.41, 5.74) is 0.843. The Morgan fingerprint density at radius 2 is 1.63 bits per heavy atom. The predicted octanol–water partition coefficient (Wildman–Crippen LogP) is 5.79. The average molecular weight is 597 g/mol. The fourth-order valence-corrected chi connectivity index (χ4v) is 5.63. The minimum Gasteiger partial charge on any atom is -0.354 e.